The highest BCUT2D eigenvalue weighted by atomic mass is 32.1. The fourth-order valence-corrected chi connectivity index (χ4v) is 3.74. The molecule has 2 aromatic heterocycles. The van der Waals surface area contributed by atoms with Crippen molar-refractivity contribution in [2.45, 2.75) is 0 Å². The summed E-state index contributed by atoms with van der Waals surface area (Å²) in [6, 6.07) is 18.8. The summed E-state index contributed by atoms with van der Waals surface area (Å²) in [5, 5.41) is 10.9. The molecule has 4 aromatic rings. The summed E-state index contributed by atoms with van der Waals surface area (Å²) in [5.41, 5.74) is 5.43. The van der Waals surface area contributed by atoms with Crippen LogP contribution in [0.3, 0.4) is 0 Å². The third kappa shape index (κ3) is 4.49. The lowest BCUT2D eigenvalue weighted by atomic mass is 10.2. The van der Waals surface area contributed by atoms with Crippen molar-refractivity contribution in [3.63, 3.8) is 0 Å². The van der Waals surface area contributed by atoms with Crippen LogP contribution in [0.15, 0.2) is 77.3 Å². The molecule has 0 atom stereocenters. The highest BCUT2D eigenvalue weighted by Crippen LogP contribution is 2.27. The Hall–Kier alpha value is -3.91. The first kappa shape index (κ1) is 20.4. The van der Waals surface area contributed by atoms with Crippen LogP contribution in [0.5, 0.6) is 11.5 Å². The Morgan fingerprint density at radius 1 is 1.10 bits per heavy atom. The zero-order valence-electron chi connectivity index (χ0n) is 17.0. The summed E-state index contributed by atoms with van der Waals surface area (Å²) in [5.74, 6) is 0.623. The Morgan fingerprint density at radius 3 is 2.65 bits per heavy atom. The van der Waals surface area contributed by atoms with Gasteiger partial charge >= 0.3 is 0 Å². The monoisotopic (exact) mass is 432 g/mol. The van der Waals surface area contributed by atoms with Crippen LogP contribution < -0.4 is 14.9 Å². The maximum atomic E-state index is 12.6. The molecule has 0 saturated heterocycles. The molecule has 4 rings (SSSR count). The van der Waals surface area contributed by atoms with E-state index in [0.29, 0.717) is 17.1 Å². The van der Waals surface area contributed by atoms with Gasteiger partial charge in [-0.25, -0.2) is 10.1 Å². The van der Waals surface area contributed by atoms with E-state index in [0.717, 1.165) is 21.8 Å². The number of carbonyl (C=O) groups is 1. The molecule has 156 valence electrons. The van der Waals surface area contributed by atoms with Gasteiger partial charge in [0, 0.05) is 17.8 Å². The molecule has 31 heavy (non-hydrogen) atoms. The Balaban J connectivity index is 1.59. The summed E-state index contributed by atoms with van der Waals surface area (Å²) in [6.45, 7) is 0. The molecule has 1 amide bonds. The van der Waals surface area contributed by atoms with Gasteiger partial charge in [0.15, 0.2) is 0 Å². The lowest BCUT2D eigenvalue weighted by molar-refractivity contribution is 0.0952. The van der Waals surface area contributed by atoms with E-state index >= 15 is 0 Å². The van der Waals surface area contributed by atoms with Crippen molar-refractivity contribution in [1.29, 1.82) is 0 Å². The molecule has 0 aliphatic carbocycles. The molecule has 0 bridgehead atoms. The average Bonchev–Trinajstić information content (AvgIpc) is 3.49. The summed E-state index contributed by atoms with van der Waals surface area (Å²) >= 11 is 1.59. The zero-order valence-corrected chi connectivity index (χ0v) is 17.8. The van der Waals surface area contributed by atoms with Gasteiger partial charge in [0.05, 0.1) is 36.6 Å². The molecule has 2 heterocycles. The molecule has 0 spiro atoms. The van der Waals surface area contributed by atoms with Gasteiger partial charge < -0.3 is 9.47 Å². The fraction of sp³-hybridized carbons (Fsp3) is 0.0870. The maximum Gasteiger partial charge on any atom is 0.275 e. The minimum atomic E-state index is -0.385. The van der Waals surface area contributed by atoms with Gasteiger partial charge in [0.2, 0.25) is 0 Å². The highest BCUT2D eigenvalue weighted by molar-refractivity contribution is 7.13. The number of carbonyl (C=O) groups excluding carboxylic acids is 1. The van der Waals surface area contributed by atoms with Crippen LogP contribution in [0.25, 0.3) is 16.3 Å². The zero-order chi connectivity index (χ0) is 21.6. The number of hydrogen-bond donors (Lipinski definition) is 1. The number of aromatic nitrogens is 2. The van der Waals surface area contributed by atoms with Crippen LogP contribution in [-0.2, 0) is 0 Å². The van der Waals surface area contributed by atoms with Crippen molar-refractivity contribution in [3.8, 4) is 27.8 Å². The number of nitrogens with one attached hydrogen (secondary N) is 1. The van der Waals surface area contributed by atoms with E-state index in [-0.39, 0.29) is 5.91 Å². The lowest BCUT2D eigenvalue weighted by Crippen LogP contribution is -2.18. The quantitative estimate of drug-likeness (QED) is 0.347. The number of methoxy groups -OCH3 is 2. The molecule has 0 fully saturated rings. The third-order valence-electron chi connectivity index (χ3n) is 4.54. The molecule has 8 heteroatoms. The predicted octanol–water partition coefficient (Wildman–Crippen LogP) is 4.38. The minimum Gasteiger partial charge on any atom is -0.497 e. The first-order valence-electron chi connectivity index (χ1n) is 9.44. The fourth-order valence-electron chi connectivity index (χ4n) is 3.01. The normalized spacial score (nSPS) is 10.9. The van der Waals surface area contributed by atoms with Crippen molar-refractivity contribution in [2.24, 2.45) is 5.10 Å². The van der Waals surface area contributed by atoms with Gasteiger partial charge in [-0.2, -0.15) is 10.2 Å². The maximum absolute atomic E-state index is 12.6. The standard InChI is InChI=1S/C23H20N4O3S/c1-29-18-10-11-19(20(13-18)30-2)23(28)25-24-14-16-15-27(17-7-4-3-5-8-17)26-22(16)21-9-6-12-31-21/h3-15H,1-2H3,(H,25,28)/b24-14-. The Bertz CT molecular complexity index is 1200. The lowest BCUT2D eigenvalue weighted by Gasteiger charge is -2.08. The Labute approximate surface area is 183 Å². The largest absolute Gasteiger partial charge is 0.497 e. The van der Waals surface area contributed by atoms with E-state index in [2.05, 4.69) is 10.5 Å². The molecular formula is C23H20N4O3S. The number of ether oxygens (including phenoxy) is 2. The number of amides is 1. The smallest absolute Gasteiger partial charge is 0.275 e. The summed E-state index contributed by atoms with van der Waals surface area (Å²) in [4.78, 5) is 13.6. The molecular weight excluding hydrogens is 412 g/mol. The Kier molecular flexibility index (Phi) is 6.09. The van der Waals surface area contributed by atoms with Crippen molar-refractivity contribution >= 4 is 23.5 Å². The SMILES string of the molecule is COc1ccc(C(=O)N/N=C\c2cn(-c3ccccc3)nc2-c2cccs2)c(OC)c1. The van der Waals surface area contributed by atoms with Gasteiger partial charge in [-0.3, -0.25) is 4.79 Å². The minimum absolute atomic E-state index is 0.360. The second-order valence-corrected chi connectivity index (χ2v) is 7.40. The summed E-state index contributed by atoms with van der Waals surface area (Å²) < 4.78 is 12.3. The number of hydrogen-bond acceptors (Lipinski definition) is 6. The van der Waals surface area contributed by atoms with Crippen molar-refractivity contribution in [1.82, 2.24) is 15.2 Å². The van der Waals surface area contributed by atoms with Crippen LogP contribution in [0.2, 0.25) is 0 Å². The first-order valence-corrected chi connectivity index (χ1v) is 10.3. The van der Waals surface area contributed by atoms with E-state index in [1.54, 1.807) is 47.5 Å². The van der Waals surface area contributed by atoms with E-state index < -0.39 is 0 Å². The first-order chi connectivity index (χ1) is 15.2. The summed E-state index contributed by atoms with van der Waals surface area (Å²) in [6.07, 6.45) is 3.48. The molecule has 0 radical (unpaired) electrons. The number of benzene rings is 2. The topological polar surface area (TPSA) is 77.7 Å². The van der Waals surface area contributed by atoms with Gasteiger partial charge in [-0.1, -0.05) is 24.3 Å². The molecule has 0 saturated carbocycles. The van der Waals surface area contributed by atoms with Crippen LogP contribution in [0.4, 0.5) is 0 Å². The van der Waals surface area contributed by atoms with E-state index in [9.17, 15) is 4.79 Å². The van der Waals surface area contributed by atoms with Gasteiger partial charge in [0.25, 0.3) is 5.91 Å². The van der Waals surface area contributed by atoms with E-state index in [1.165, 1.54) is 7.11 Å². The number of thiophene rings is 1. The number of nitrogens with zero attached hydrogens (tertiary/aromatic N) is 3. The molecule has 7 nitrogen and oxygen atoms in total. The molecule has 2 aromatic carbocycles. The molecule has 0 aliphatic heterocycles. The summed E-state index contributed by atoms with van der Waals surface area (Å²) in [7, 11) is 3.06. The van der Waals surface area contributed by atoms with E-state index in [4.69, 9.17) is 14.6 Å². The van der Waals surface area contributed by atoms with Gasteiger partial charge in [-0.15, -0.1) is 11.3 Å². The number of rotatable bonds is 7. The second kappa shape index (κ2) is 9.27. The number of para-hydroxylation sites is 1. The van der Waals surface area contributed by atoms with Crippen molar-refractivity contribution in [2.75, 3.05) is 14.2 Å². The van der Waals surface area contributed by atoms with Crippen LogP contribution >= 0.6 is 11.3 Å². The van der Waals surface area contributed by atoms with Gasteiger partial charge in [-0.05, 0) is 35.7 Å². The molecule has 0 aliphatic rings. The highest BCUT2D eigenvalue weighted by Gasteiger charge is 2.14. The molecule has 0 unspecified atom stereocenters. The van der Waals surface area contributed by atoms with Crippen LogP contribution in [0, 0.1) is 0 Å². The average molecular weight is 433 g/mol. The van der Waals surface area contributed by atoms with Crippen LogP contribution in [0.1, 0.15) is 15.9 Å². The Morgan fingerprint density at radius 2 is 1.94 bits per heavy atom. The third-order valence-corrected chi connectivity index (χ3v) is 5.42. The number of hydrazone groups is 1. The second-order valence-electron chi connectivity index (χ2n) is 6.46. The van der Waals surface area contributed by atoms with Crippen molar-refractivity contribution < 1.29 is 14.3 Å². The molecule has 1 N–H and O–H groups in total. The van der Waals surface area contributed by atoms with Crippen molar-refractivity contribution in [3.05, 3.63) is 83.4 Å². The van der Waals surface area contributed by atoms with Gasteiger partial charge in [0.1, 0.15) is 17.2 Å². The predicted molar refractivity (Wildman–Crippen MR) is 121 cm³/mol. The van der Waals surface area contributed by atoms with Crippen LogP contribution in [-0.4, -0.2) is 36.1 Å². The van der Waals surface area contributed by atoms with E-state index in [1.807, 2.05) is 54.0 Å².